The third-order valence-electron chi connectivity index (χ3n) is 3.84. The lowest BCUT2D eigenvalue weighted by Crippen LogP contribution is -2.44. The van der Waals surface area contributed by atoms with E-state index in [0.717, 1.165) is 42.3 Å². The van der Waals surface area contributed by atoms with Crippen LogP contribution in [0.4, 0.5) is 5.82 Å². The molecule has 136 valence electrons. The maximum absolute atomic E-state index is 6.24. The van der Waals surface area contributed by atoms with Gasteiger partial charge in [0.2, 0.25) is 0 Å². The van der Waals surface area contributed by atoms with Gasteiger partial charge in [0.15, 0.2) is 5.96 Å². The SMILES string of the molecule is CN=C(NCc1cc(Br)cs1)NC1CCN(c2ncccc2Cl)C1.I. The maximum atomic E-state index is 6.24. The fraction of sp³-hybridized carbons (Fsp3) is 0.375. The Kier molecular flexibility index (Phi) is 8.24. The van der Waals surface area contributed by atoms with Crippen LogP contribution in [-0.4, -0.2) is 37.1 Å². The van der Waals surface area contributed by atoms with Crippen molar-refractivity contribution in [2.45, 2.75) is 19.0 Å². The lowest BCUT2D eigenvalue weighted by molar-refractivity contribution is 0.649. The summed E-state index contributed by atoms with van der Waals surface area (Å²) in [7, 11) is 1.79. The molecule has 9 heteroatoms. The average molecular weight is 557 g/mol. The van der Waals surface area contributed by atoms with Gasteiger partial charge in [0.25, 0.3) is 0 Å². The fourth-order valence-electron chi connectivity index (χ4n) is 2.69. The fourth-order valence-corrected chi connectivity index (χ4v) is 4.32. The van der Waals surface area contributed by atoms with Crippen LogP contribution in [0.2, 0.25) is 5.02 Å². The Morgan fingerprint density at radius 2 is 2.40 bits per heavy atom. The van der Waals surface area contributed by atoms with E-state index in [9.17, 15) is 0 Å². The molecular formula is C16H20BrClIN5S. The largest absolute Gasteiger partial charge is 0.353 e. The van der Waals surface area contributed by atoms with Gasteiger partial charge < -0.3 is 15.5 Å². The molecule has 1 fully saturated rings. The van der Waals surface area contributed by atoms with Crippen LogP contribution in [0.1, 0.15) is 11.3 Å². The van der Waals surface area contributed by atoms with E-state index in [1.807, 2.05) is 12.1 Å². The summed E-state index contributed by atoms with van der Waals surface area (Å²) >= 11 is 11.4. The molecule has 0 aliphatic carbocycles. The van der Waals surface area contributed by atoms with Gasteiger partial charge >= 0.3 is 0 Å². The molecule has 2 N–H and O–H groups in total. The Labute approximate surface area is 182 Å². The molecule has 3 heterocycles. The molecule has 0 amide bonds. The van der Waals surface area contributed by atoms with Crippen LogP contribution >= 0.6 is 62.8 Å². The van der Waals surface area contributed by atoms with Crippen molar-refractivity contribution in [3.63, 3.8) is 0 Å². The molecule has 2 aromatic heterocycles. The van der Waals surface area contributed by atoms with Gasteiger partial charge in [-0.15, -0.1) is 35.3 Å². The van der Waals surface area contributed by atoms with Gasteiger partial charge in [0.1, 0.15) is 5.82 Å². The molecule has 25 heavy (non-hydrogen) atoms. The second kappa shape index (κ2) is 9.94. The van der Waals surface area contributed by atoms with Gasteiger partial charge in [-0.05, 0) is 40.5 Å². The Morgan fingerprint density at radius 3 is 3.08 bits per heavy atom. The predicted molar refractivity (Wildman–Crippen MR) is 121 cm³/mol. The van der Waals surface area contributed by atoms with Crippen molar-refractivity contribution in [3.8, 4) is 0 Å². The summed E-state index contributed by atoms with van der Waals surface area (Å²) in [6.45, 7) is 2.56. The lowest BCUT2D eigenvalue weighted by atomic mass is 10.3. The highest BCUT2D eigenvalue weighted by Gasteiger charge is 2.25. The van der Waals surface area contributed by atoms with Crippen molar-refractivity contribution in [3.05, 3.63) is 44.1 Å². The number of aliphatic imine (C=N–C) groups is 1. The monoisotopic (exact) mass is 555 g/mol. The first-order chi connectivity index (χ1) is 11.7. The first-order valence-corrected chi connectivity index (χ1v) is 9.76. The minimum absolute atomic E-state index is 0. The van der Waals surface area contributed by atoms with E-state index >= 15 is 0 Å². The number of pyridine rings is 1. The molecule has 0 saturated carbocycles. The number of aromatic nitrogens is 1. The van der Waals surface area contributed by atoms with Crippen LogP contribution < -0.4 is 15.5 Å². The molecule has 0 radical (unpaired) electrons. The van der Waals surface area contributed by atoms with Crippen molar-refractivity contribution in [1.29, 1.82) is 0 Å². The summed E-state index contributed by atoms with van der Waals surface area (Å²) in [6.07, 6.45) is 2.81. The Hall–Kier alpha value is -0.580. The van der Waals surface area contributed by atoms with Crippen LogP contribution in [0.3, 0.4) is 0 Å². The number of rotatable bonds is 4. The first kappa shape index (κ1) is 20.7. The minimum Gasteiger partial charge on any atom is -0.353 e. The molecule has 5 nitrogen and oxygen atoms in total. The van der Waals surface area contributed by atoms with Gasteiger partial charge in [-0.2, -0.15) is 0 Å². The summed E-state index contributed by atoms with van der Waals surface area (Å²) < 4.78 is 1.12. The number of halogens is 3. The van der Waals surface area contributed by atoms with Crippen molar-refractivity contribution < 1.29 is 0 Å². The molecule has 2 aromatic rings. The molecule has 1 aliphatic rings. The summed E-state index contributed by atoms with van der Waals surface area (Å²) in [6, 6.07) is 6.17. The lowest BCUT2D eigenvalue weighted by Gasteiger charge is -2.20. The standard InChI is InChI=1S/C16H19BrClN5S.HI/c1-19-16(21-8-13-7-11(17)10-24-13)22-12-4-6-23(9-12)15-14(18)3-2-5-20-15;/h2-3,5,7,10,12H,4,6,8-9H2,1H3,(H2,19,21,22);1H. The highest BCUT2D eigenvalue weighted by atomic mass is 127. The third kappa shape index (κ3) is 5.70. The van der Waals surface area contributed by atoms with E-state index < -0.39 is 0 Å². The second-order valence-electron chi connectivity index (χ2n) is 5.54. The van der Waals surface area contributed by atoms with E-state index in [1.165, 1.54) is 4.88 Å². The highest BCUT2D eigenvalue weighted by molar-refractivity contribution is 14.0. The molecule has 0 spiro atoms. The van der Waals surface area contributed by atoms with Crippen LogP contribution in [0, 0.1) is 0 Å². The zero-order valence-electron chi connectivity index (χ0n) is 13.7. The van der Waals surface area contributed by atoms with E-state index in [1.54, 1.807) is 24.6 Å². The zero-order valence-corrected chi connectivity index (χ0v) is 19.2. The quantitative estimate of drug-likeness (QED) is 0.338. The van der Waals surface area contributed by atoms with Crippen molar-refractivity contribution >= 4 is 74.6 Å². The number of hydrogen-bond donors (Lipinski definition) is 2. The number of guanidine groups is 1. The minimum atomic E-state index is 0. The van der Waals surface area contributed by atoms with E-state index in [2.05, 4.69) is 52.9 Å². The average Bonchev–Trinajstić information content (AvgIpc) is 3.21. The highest BCUT2D eigenvalue weighted by Crippen LogP contribution is 2.25. The summed E-state index contributed by atoms with van der Waals surface area (Å²) in [4.78, 5) is 12.2. The smallest absolute Gasteiger partial charge is 0.191 e. The molecule has 1 aliphatic heterocycles. The summed E-state index contributed by atoms with van der Waals surface area (Å²) in [5.74, 6) is 1.67. The Bertz CT molecular complexity index is 726. The first-order valence-electron chi connectivity index (χ1n) is 7.71. The summed E-state index contributed by atoms with van der Waals surface area (Å²) in [5, 5.41) is 9.62. The van der Waals surface area contributed by atoms with Gasteiger partial charge in [-0.25, -0.2) is 4.98 Å². The van der Waals surface area contributed by atoms with Crippen molar-refractivity contribution in [1.82, 2.24) is 15.6 Å². The maximum Gasteiger partial charge on any atom is 0.191 e. The van der Waals surface area contributed by atoms with E-state index in [0.29, 0.717) is 11.1 Å². The Morgan fingerprint density at radius 1 is 1.56 bits per heavy atom. The van der Waals surface area contributed by atoms with Crippen LogP contribution in [-0.2, 0) is 6.54 Å². The van der Waals surface area contributed by atoms with Crippen molar-refractivity contribution in [2.24, 2.45) is 4.99 Å². The van der Waals surface area contributed by atoms with Crippen LogP contribution in [0.5, 0.6) is 0 Å². The van der Waals surface area contributed by atoms with Crippen molar-refractivity contribution in [2.75, 3.05) is 25.0 Å². The molecule has 3 rings (SSSR count). The number of thiophene rings is 1. The Balaban J connectivity index is 0.00000225. The topological polar surface area (TPSA) is 52.6 Å². The van der Waals surface area contributed by atoms with Gasteiger partial charge in [-0.3, -0.25) is 4.99 Å². The number of anilines is 1. The molecule has 0 aromatic carbocycles. The van der Waals surface area contributed by atoms with Crippen LogP contribution in [0.15, 0.2) is 39.2 Å². The molecular weight excluding hydrogens is 537 g/mol. The number of hydrogen-bond acceptors (Lipinski definition) is 4. The number of nitrogens with zero attached hydrogens (tertiary/aromatic N) is 3. The molecule has 0 bridgehead atoms. The van der Waals surface area contributed by atoms with Gasteiger partial charge in [-0.1, -0.05) is 11.6 Å². The van der Waals surface area contributed by atoms with E-state index in [-0.39, 0.29) is 24.0 Å². The molecule has 1 atom stereocenters. The predicted octanol–water partition coefficient (Wildman–Crippen LogP) is 4.12. The van der Waals surface area contributed by atoms with Crippen LogP contribution in [0.25, 0.3) is 0 Å². The van der Waals surface area contributed by atoms with E-state index in [4.69, 9.17) is 11.6 Å². The van der Waals surface area contributed by atoms with Gasteiger partial charge in [0, 0.05) is 47.1 Å². The molecule has 1 unspecified atom stereocenters. The second-order valence-corrected chi connectivity index (χ2v) is 7.86. The summed E-state index contributed by atoms with van der Waals surface area (Å²) in [5.41, 5.74) is 0. The number of nitrogens with one attached hydrogen (secondary N) is 2. The zero-order chi connectivity index (χ0) is 16.9. The van der Waals surface area contributed by atoms with Gasteiger partial charge in [0.05, 0.1) is 11.6 Å². The normalized spacial score (nSPS) is 17.3. The third-order valence-corrected chi connectivity index (χ3v) is 5.84. The molecule has 1 saturated heterocycles.